The summed E-state index contributed by atoms with van der Waals surface area (Å²) in [4.78, 5) is 27.2. The summed E-state index contributed by atoms with van der Waals surface area (Å²) in [5.74, 6) is 0.0370. The van der Waals surface area contributed by atoms with Crippen LogP contribution in [0.15, 0.2) is 48.5 Å². The number of hydrogen-bond acceptors (Lipinski definition) is 5. The largest absolute Gasteiger partial charge is 0.495 e. The molecule has 0 spiro atoms. The molecule has 2 aromatic rings. The van der Waals surface area contributed by atoms with Gasteiger partial charge in [-0.05, 0) is 36.4 Å². The van der Waals surface area contributed by atoms with Gasteiger partial charge in [0.05, 0.1) is 23.9 Å². The Bertz CT molecular complexity index is 908. The summed E-state index contributed by atoms with van der Waals surface area (Å²) in [6.07, 6.45) is 0.312. The number of urea groups is 1. The van der Waals surface area contributed by atoms with Gasteiger partial charge in [0.2, 0.25) is 0 Å². The van der Waals surface area contributed by atoms with Gasteiger partial charge in [-0.25, -0.2) is 9.69 Å². The minimum absolute atomic E-state index is 0.00189. The molecule has 0 radical (unpaired) electrons. The molecule has 160 valence electrons. The average molecular weight is 452 g/mol. The quantitative estimate of drug-likeness (QED) is 0.606. The number of piperidine rings is 1. The molecule has 1 saturated heterocycles. The average Bonchev–Trinajstić information content (AvgIpc) is 2.72. The van der Waals surface area contributed by atoms with E-state index >= 15 is 0 Å². The van der Waals surface area contributed by atoms with Crippen molar-refractivity contribution in [3.8, 4) is 5.75 Å². The monoisotopic (exact) mass is 451 g/mol. The zero-order valence-electron chi connectivity index (χ0n) is 16.4. The molecule has 0 aromatic heterocycles. The molecule has 0 saturated carbocycles. The molecule has 0 aliphatic carbocycles. The molecule has 1 heterocycles. The SMILES string of the molecule is COc1ccc(CNC(=O)N(C(=O)C2CC(O)(Cl)CCN2)c2ccccc2)cc1Cl. The molecule has 0 bridgehead atoms. The molecule has 3 rings (SSSR count). The van der Waals surface area contributed by atoms with Crippen molar-refractivity contribution in [3.63, 3.8) is 0 Å². The number of rotatable bonds is 5. The van der Waals surface area contributed by atoms with Crippen LogP contribution in [0.5, 0.6) is 5.75 Å². The minimum atomic E-state index is -1.48. The Balaban J connectivity index is 1.77. The lowest BCUT2D eigenvalue weighted by Gasteiger charge is -2.34. The van der Waals surface area contributed by atoms with Crippen LogP contribution in [0.25, 0.3) is 0 Å². The first kappa shape index (κ1) is 22.4. The molecule has 9 heteroatoms. The summed E-state index contributed by atoms with van der Waals surface area (Å²) < 4.78 is 5.13. The van der Waals surface area contributed by atoms with E-state index in [4.69, 9.17) is 27.9 Å². The lowest BCUT2D eigenvalue weighted by atomic mass is 10.00. The number of halogens is 2. The molecule has 1 aliphatic heterocycles. The van der Waals surface area contributed by atoms with Gasteiger partial charge in [-0.3, -0.25) is 4.79 Å². The third-order valence-electron chi connectivity index (χ3n) is 4.81. The zero-order valence-corrected chi connectivity index (χ0v) is 17.9. The van der Waals surface area contributed by atoms with Gasteiger partial charge in [-0.1, -0.05) is 47.5 Å². The number of carbonyl (C=O) groups excluding carboxylic acids is 2. The second-order valence-electron chi connectivity index (χ2n) is 7.02. The van der Waals surface area contributed by atoms with Crippen LogP contribution < -0.4 is 20.3 Å². The van der Waals surface area contributed by atoms with Gasteiger partial charge < -0.3 is 20.5 Å². The second kappa shape index (κ2) is 9.66. The maximum absolute atomic E-state index is 13.2. The maximum Gasteiger partial charge on any atom is 0.329 e. The fourth-order valence-corrected chi connectivity index (χ4v) is 3.78. The van der Waals surface area contributed by atoms with Crippen molar-refractivity contribution in [1.29, 1.82) is 0 Å². The van der Waals surface area contributed by atoms with E-state index in [1.807, 2.05) is 0 Å². The molecule has 1 aliphatic rings. The molecule has 3 N–H and O–H groups in total. The Labute approximate surface area is 184 Å². The number of ether oxygens (including phenoxy) is 1. The van der Waals surface area contributed by atoms with Crippen LogP contribution in [0.4, 0.5) is 10.5 Å². The van der Waals surface area contributed by atoms with E-state index in [-0.39, 0.29) is 13.0 Å². The van der Waals surface area contributed by atoms with Gasteiger partial charge in [-0.15, -0.1) is 0 Å². The first-order valence-corrected chi connectivity index (χ1v) is 10.2. The molecule has 30 heavy (non-hydrogen) atoms. The number of alkyl halides is 1. The van der Waals surface area contributed by atoms with E-state index in [0.29, 0.717) is 29.4 Å². The summed E-state index contributed by atoms with van der Waals surface area (Å²) in [5.41, 5.74) is 1.17. The highest BCUT2D eigenvalue weighted by atomic mass is 35.5. The molecule has 3 amide bonds. The lowest BCUT2D eigenvalue weighted by molar-refractivity contribution is -0.121. The van der Waals surface area contributed by atoms with Gasteiger partial charge in [0.15, 0.2) is 0 Å². The predicted octanol–water partition coefficient (Wildman–Crippen LogP) is 3.27. The maximum atomic E-state index is 13.2. The van der Waals surface area contributed by atoms with Gasteiger partial charge in [0.1, 0.15) is 10.8 Å². The Morgan fingerprint density at radius 2 is 2.03 bits per heavy atom. The molecule has 2 unspecified atom stereocenters. The van der Waals surface area contributed by atoms with Crippen LogP contribution in [0.2, 0.25) is 5.02 Å². The highest BCUT2D eigenvalue weighted by Crippen LogP contribution is 2.28. The molecule has 1 fully saturated rings. The first-order chi connectivity index (χ1) is 14.3. The van der Waals surface area contributed by atoms with E-state index in [1.165, 1.54) is 7.11 Å². The van der Waals surface area contributed by atoms with E-state index in [2.05, 4.69) is 10.6 Å². The number of carbonyl (C=O) groups is 2. The van der Waals surface area contributed by atoms with Crippen LogP contribution in [-0.4, -0.2) is 41.8 Å². The third kappa shape index (κ3) is 5.43. The Kier molecular flexibility index (Phi) is 7.20. The Hall–Kier alpha value is -2.32. The number of nitrogens with zero attached hydrogens (tertiary/aromatic N) is 1. The fourth-order valence-electron chi connectivity index (χ4n) is 3.25. The summed E-state index contributed by atoms with van der Waals surface area (Å²) in [5, 5.41) is 14.9. The van der Waals surface area contributed by atoms with E-state index in [9.17, 15) is 14.7 Å². The zero-order chi connectivity index (χ0) is 21.7. The number of methoxy groups -OCH3 is 1. The van der Waals surface area contributed by atoms with E-state index in [1.54, 1.807) is 48.5 Å². The number of imide groups is 1. The van der Waals surface area contributed by atoms with Crippen molar-refractivity contribution in [1.82, 2.24) is 10.6 Å². The number of nitrogens with one attached hydrogen (secondary N) is 2. The van der Waals surface area contributed by atoms with Crippen molar-refractivity contribution < 1.29 is 19.4 Å². The van der Waals surface area contributed by atoms with Gasteiger partial charge in [0.25, 0.3) is 5.91 Å². The van der Waals surface area contributed by atoms with Gasteiger partial charge >= 0.3 is 6.03 Å². The van der Waals surface area contributed by atoms with E-state index < -0.39 is 23.0 Å². The molecule has 2 aromatic carbocycles. The predicted molar refractivity (Wildman–Crippen MR) is 116 cm³/mol. The highest BCUT2D eigenvalue weighted by molar-refractivity contribution is 6.32. The Morgan fingerprint density at radius 1 is 1.30 bits per heavy atom. The second-order valence-corrected chi connectivity index (χ2v) is 8.13. The lowest BCUT2D eigenvalue weighted by Crippen LogP contribution is -2.56. The molecule has 7 nitrogen and oxygen atoms in total. The number of para-hydroxylation sites is 1. The summed E-state index contributed by atoms with van der Waals surface area (Å²) >= 11 is 12.2. The number of anilines is 1. The van der Waals surface area contributed by atoms with Crippen molar-refractivity contribution in [3.05, 3.63) is 59.1 Å². The first-order valence-electron chi connectivity index (χ1n) is 9.45. The standard InChI is InChI=1S/C21H23Cl2N3O4/c1-30-18-8-7-14(11-16(18)22)13-25-20(28)26(15-5-3-2-4-6-15)19(27)17-12-21(23,29)9-10-24-17/h2-8,11,17,24,29H,9-10,12-13H2,1H3,(H,25,28). The molecular formula is C21H23Cl2N3O4. The molecule has 2 atom stereocenters. The number of benzene rings is 2. The summed E-state index contributed by atoms with van der Waals surface area (Å²) in [6.45, 7) is 0.529. The van der Waals surface area contributed by atoms with Crippen LogP contribution in [0.1, 0.15) is 18.4 Å². The van der Waals surface area contributed by atoms with Crippen molar-refractivity contribution >= 4 is 40.8 Å². The number of aliphatic hydroxyl groups is 1. The number of hydrogen-bond donors (Lipinski definition) is 3. The van der Waals surface area contributed by atoms with Crippen LogP contribution in [0, 0.1) is 0 Å². The van der Waals surface area contributed by atoms with Crippen molar-refractivity contribution in [2.75, 3.05) is 18.6 Å². The normalized spacial score (nSPS) is 21.0. The highest BCUT2D eigenvalue weighted by Gasteiger charge is 2.39. The van der Waals surface area contributed by atoms with Crippen LogP contribution >= 0.6 is 23.2 Å². The fraction of sp³-hybridized carbons (Fsp3) is 0.333. The third-order valence-corrected chi connectivity index (χ3v) is 5.45. The van der Waals surface area contributed by atoms with Crippen LogP contribution in [0.3, 0.4) is 0 Å². The minimum Gasteiger partial charge on any atom is -0.495 e. The topological polar surface area (TPSA) is 90.9 Å². The summed E-state index contributed by atoms with van der Waals surface area (Å²) in [6, 6.07) is 12.4. The Morgan fingerprint density at radius 3 is 2.67 bits per heavy atom. The van der Waals surface area contributed by atoms with E-state index in [0.717, 1.165) is 10.5 Å². The van der Waals surface area contributed by atoms with Crippen molar-refractivity contribution in [2.45, 2.75) is 30.5 Å². The van der Waals surface area contributed by atoms with Gasteiger partial charge in [0, 0.05) is 19.4 Å². The molecular weight excluding hydrogens is 429 g/mol. The number of amides is 3. The summed E-state index contributed by atoms with van der Waals surface area (Å²) in [7, 11) is 1.52. The van der Waals surface area contributed by atoms with Crippen molar-refractivity contribution in [2.24, 2.45) is 0 Å². The smallest absolute Gasteiger partial charge is 0.329 e. The van der Waals surface area contributed by atoms with Gasteiger partial charge in [-0.2, -0.15) is 0 Å². The van der Waals surface area contributed by atoms with Crippen LogP contribution in [-0.2, 0) is 11.3 Å².